The fourth-order valence-electron chi connectivity index (χ4n) is 3.14. The fourth-order valence-corrected chi connectivity index (χ4v) is 3.14. The van der Waals surface area contributed by atoms with Gasteiger partial charge in [0.25, 0.3) is 0 Å². The first kappa shape index (κ1) is 14.2. The van der Waals surface area contributed by atoms with Crippen molar-refractivity contribution in [2.75, 3.05) is 6.54 Å². The molecule has 21 heavy (non-hydrogen) atoms. The molecular weight excluding hydrogens is 270 g/mol. The molecule has 0 bridgehead atoms. The zero-order valence-corrected chi connectivity index (χ0v) is 12.2. The Morgan fingerprint density at radius 1 is 1.43 bits per heavy atom. The van der Waals surface area contributed by atoms with Crippen LogP contribution in [0.15, 0.2) is 16.5 Å². The number of hydrogen-bond acceptors (Lipinski definition) is 3. The molecule has 1 N–H and O–H groups in total. The van der Waals surface area contributed by atoms with Crippen molar-refractivity contribution in [1.29, 1.82) is 0 Å². The molecule has 114 valence electrons. The number of carboxylic acids is 1. The Labute approximate surface area is 123 Å². The summed E-state index contributed by atoms with van der Waals surface area (Å²) in [7, 11) is 0. The van der Waals surface area contributed by atoms with E-state index in [9.17, 15) is 9.59 Å². The summed E-state index contributed by atoms with van der Waals surface area (Å²) in [6.07, 6.45) is 3.37. The predicted octanol–water partition coefficient (Wildman–Crippen LogP) is 2.41. The summed E-state index contributed by atoms with van der Waals surface area (Å²) in [6.45, 7) is 2.76. The van der Waals surface area contributed by atoms with Crippen LogP contribution in [0.1, 0.15) is 50.0 Å². The average molecular weight is 291 g/mol. The highest BCUT2D eigenvalue weighted by Crippen LogP contribution is 2.47. The Morgan fingerprint density at radius 3 is 2.86 bits per heavy atom. The van der Waals surface area contributed by atoms with Crippen LogP contribution in [0.3, 0.4) is 0 Å². The van der Waals surface area contributed by atoms with E-state index in [0.29, 0.717) is 37.6 Å². The lowest BCUT2D eigenvalue weighted by molar-refractivity contribution is -0.148. The number of carboxylic acid groups (broad SMARTS) is 1. The van der Waals surface area contributed by atoms with Crippen LogP contribution in [-0.4, -0.2) is 34.5 Å². The first-order chi connectivity index (χ1) is 10.1. The summed E-state index contributed by atoms with van der Waals surface area (Å²) in [4.78, 5) is 24.7. The summed E-state index contributed by atoms with van der Waals surface area (Å²) in [5.41, 5.74) is 0. The van der Waals surface area contributed by atoms with Crippen molar-refractivity contribution in [3.63, 3.8) is 0 Å². The molecule has 3 unspecified atom stereocenters. The van der Waals surface area contributed by atoms with Gasteiger partial charge in [0.2, 0.25) is 5.91 Å². The van der Waals surface area contributed by atoms with E-state index in [1.807, 2.05) is 12.1 Å². The molecule has 3 rings (SSSR count). The van der Waals surface area contributed by atoms with Crippen LogP contribution in [0.2, 0.25) is 0 Å². The average Bonchev–Trinajstić information content (AvgIpc) is 2.90. The van der Waals surface area contributed by atoms with Gasteiger partial charge >= 0.3 is 5.97 Å². The number of furan rings is 1. The lowest BCUT2D eigenvalue weighted by Crippen LogP contribution is -2.40. The number of aryl methyl sites for hydroxylation is 1. The van der Waals surface area contributed by atoms with Crippen LogP contribution in [0.5, 0.6) is 0 Å². The smallest absolute Gasteiger partial charge is 0.326 e. The lowest BCUT2D eigenvalue weighted by atomic mass is 10.2. The summed E-state index contributed by atoms with van der Waals surface area (Å²) in [5, 5.41) is 9.10. The molecule has 2 heterocycles. The van der Waals surface area contributed by atoms with Crippen molar-refractivity contribution in [1.82, 2.24) is 4.90 Å². The van der Waals surface area contributed by atoms with Gasteiger partial charge in [0, 0.05) is 25.3 Å². The molecule has 1 aliphatic heterocycles. The number of carbonyl (C=O) groups is 2. The van der Waals surface area contributed by atoms with E-state index in [1.54, 1.807) is 0 Å². The largest absolute Gasteiger partial charge is 0.480 e. The van der Waals surface area contributed by atoms with Gasteiger partial charge in [-0.05, 0) is 37.3 Å². The van der Waals surface area contributed by atoms with Gasteiger partial charge in [-0.1, -0.05) is 6.92 Å². The molecule has 0 radical (unpaired) electrons. The Kier molecular flexibility index (Phi) is 3.74. The Hall–Kier alpha value is -1.78. The first-order valence-electron chi connectivity index (χ1n) is 7.67. The lowest BCUT2D eigenvalue weighted by Gasteiger charge is -2.21. The number of rotatable bonds is 5. The number of aliphatic carboxylic acids is 1. The molecule has 0 aromatic carbocycles. The van der Waals surface area contributed by atoms with Crippen LogP contribution in [-0.2, 0) is 16.0 Å². The van der Waals surface area contributed by atoms with Crippen molar-refractivity contribution in [2.45, 2.75) is 51.0 Å². The molecule has 0 spiro atoms. The molecule has 1 saturated carbocycles. The highest BCUT2D eigenvalue weighted by molar-refractivity contribution is 5.84. The van der Waals surface area contributed by atoms with Gasteiger partial charge in [0.05, 0.1) is 0 Å². The quantitative estimate of drug-likeness (QED) is 0.904. The van der Waals surface area contributed by atoms with Gasteiger partial charge in [-0.3, -0.25) is 4.79 Å². The molecule has 5 heteroatoms. The first-order valence-corrected chi connectivity index (χ1v) is 7.67. The molecule has 1 aromatic rings. The Bertz CT molecular complexity index is 550. The monoisotopic (exact) mass is 291 g/mol. The molecule has 1 amide bonds. The molecule has 5 nitrogen and oxygen atoms in total. The van der Waals surface area contributed by atoms with Gasteiger partial charge in [-0.25, -0.2) is 4.79 Å². The molecule has 2 aliphatic rings. The fraction of sp³-hybridized carbons (Fsp3) is 0.625. The van der Waals surface area contributed by atoms with Crippen molar-refractivity contribution in [2.24, 2.45) is 5.92 Å². The van der Waals surface area contributed by atoms with Gasteiger partial charge in [0.1, 0.15) is 17.6 Å². The van der Waals surface area contributed by atoms with Crippen molar-refractivity contribution in [3.05, 3.63) is 23.7 Å². The second-order valence-corrected chi connectivity index (χ2v) is 6.21. The van der Waals surface area contributed by atoms with Crippen LogP contribution >= 0.6 is 0 Å². The van der Waals surface area contributed by atoms with Crippen molar-refractivity contribution < 1.29 is 19.1 Å². The maximum atomic E-state index is 12.2. The third-order valence-corrected chi connectivity index (χ3v) is 4.60. The minimum absolute atomic E-state index is 0.0855. The van der Waals surface area contributed by atoms with Crippen LogP contribution in [0.4, 0.5) is 0 Å². The minimum atomic E-state index is -0.899. The van der Waals surface area contributed by atoms with Gasteiger partial charge in [0.15, 0.2) is 0 Å². The molecule has 1 saturated heterocycles. The zero-order chi connectivity index (χ0) is 15.0. The molecule has 1 aliphatic carbocycles. The van der Waals surface area contributed by atoms with E-state index in [2.05, 4.69) is 6.92 Å². The molecule has 3 atom stereocenters. The number of likely N-dealkylation sites (tertiary alicyclic amines) is 1. The van der Waals surface area contributed by atoms with E-state index < -0.39 is 12.0 Å². The van der Waals surface area contributed by atoms with E-state index in [4.69, 9.17) is 9.52 Å². The highest BCUT2D eigenvalue weighted by Gasteiger charge is 2.37. The Balaban J connectivity index is 1.53. The molecule has 2 fully saturated rings. The standard InChI is InChI=1S/C16H21NO4/c1-10-9-12(10)14-6-4-11(21-14)5-7-15(18)17-8-2-3-13(17)16(19)20/h4,6,10,12-13H,2-3,5,7-9H2,1H3,(H,19,20). The second kappa shape index (κ2) is 5.54. The number of carbonyl (C=O) groups excluding carboxylic acids is 1. The summed E-state index contributed by atoms with van der Waals surface area (Å²) in [5.74, 6) is 2.11. The topological polar surface area (TPSA) is 70.8 Å². The van der Waals surface area contributed by atoms with Crippen molar-refractivity contribution >= 4 is 11.9 Å². The number of amides is 1. The van der Waals surface area contributed by atoms with E-state index in [1.165, 1.54) is 11.3 Å². The van der Waals surface area contributed by atoms with Crippen molar-refractivity contribution in [3.8, 4) is 0 Å². The minimum Gasteiger partial charge on any atom is -0.480 e. The zero-order valence-electron chi connectivity index (χ0n) is 12.2. The predicted molar refractivity (Wildman–Crippen MR) is 75.9 cm³/mol. The van der Waals surface area contributed by atoms with E-state index in [0.717, 1.165) is 17.9 Å². The maximum Gasteiger partial charge on any atom is 0.326 e. The summed E-state index contributed by atoms with van der Waals surface area (Å²) < 4.78 is 5.78. The second-order valence-electron chi connectivity index (χ2n) is 6.21. The van der Waals surface area contributed by atoms with Gasteiger partial charge in [-0.15, -0.1) is 0 Å². The maximum absolute atomic E-state index is 12.2. The molecule has 1 aromatic heterocycles. The third kappa shape index (κ3) is 2.96. The van der Waals surface area contributed by atoms with E-state index in [-0.39, 0.29) is 5.91 Å². The third-order valence-electron chi connectivity index (χ3n) is 4.60. The van der Waals surface area contributed by atoms with Crippen LogP contribution in [0.25, 0.3) is 0 Å². The number of hydrogen-bond donors (Lipinski definition) is 1. The molecular formula is C16H21NO4. The SMILES string of the molecule is CC1CC1c1ccc(CCC(=O)N2CCCC2C(=O)O)o1. The highest BCUT2D eigenvalue weighted by atomic mass is 16.4. The van der Waals surface area contributed by atoms with E-state index >= 15 is 0 Å². The van der Waals surface area contributed by atoms with Crippen LogP contribution < -0.4 is 0 Å². The van der Waals surface area contributed by atoms with Gasteiger partial charge < -0.3 is 14.4 Å². The normalized spacial score (nSPS) is 27.9. The Morgan fingerprint density at radius 2 is 2.19 bits per heavy atom. The summed E-state index contributed by atoms with van der Waals surface area (Å²) in [6, 6.07) is 3.30. The van der Waals surface area contributed by atoms with Gasteiger partial charge in [-0.2, -0.15) is 0 Å². The number of nitrogens with zero attached hydrogens (tertiary/aromatic N) is 1. The summed E-state index contributed by atoms with van der Waals surface area (Å²) >= 11 is 0. The van der Waals surface area contributed by atoms with Crippen LogP contribution in [0, 0.1) is 5.92 Å².